The highest BCUT2D eigenvalue weighted by Crippen LogP contribution is 2.25. The molecule has 3 aromatic rings. The van der Waals surface area contributed by atoms with Crippen LogP contribution in [-0.4, -0.2) is 21.1 Å². The maximum atomic E-state index is 4.61. The Morgan fingerprint density at radius 3 is 2.71 bits per heavy atom. The van der Waals surface area contributed by atoms with Crippen molar-refractivity contribution in [2.75, 3.05) is 0 Å². The van der Waals surface area contributed by atoms with E-state index in [1.807, 2.05) is 28.4 Å². The summed E-state index contributed by atoms with van der Waals surface area (Å²) >= 11 is 6.77. The van der Waals surface area contributed by atoms with Gasteiger partial charge >= 0.3 is 0 Å². The summed E-state index contributed by atoms with van der Waals surface area (Å²) in [5.41, 5.74) is 1.24. The van der Waals surface area contributed by atoms with Gasteiger partial charge in [0.25, 0.3) is 0 Å². The summed E-state index contributed by atoms with van der Waals surface area (Å²) in [7, 11) is 0. The molecule has 124 valence electrons. The van der Waals surface area contributed by atoms with Gasteiger partial charge in [-0.2, -0.15) is 9.78 Å². The molecular formula is C17H17BrN4S2. The smallest absolute Gasteiger partial charge is 0.191 e. The normalized spacial score (nSPS) is 11.7. The molecule has 0 bridgehead atoms. The van der Waals surface area contributed by atoms with Gasteiger partial charge in [0.1, 0.15) is 0 Å². The molecule has 0 saturated heterocycles. The fraction of sp³-hybridized carbons (Fsp3) is 0.235. The van der Waals surface area contributed by atoms with Crippen molar-refractivity contribution in [1.82, 2.24) is 14.9 Å². The summed E-state index contributed by atoms with van der Waals surface area (Å²) in [6.07, 6.45) is 1.86. The predicted octanol–water partition coefficient (Wildman–Crippen LogP) is 5.40. The third-order valence-electron chi connectivity index (χ3n) is 3.28. The van der Waals surface area contributed by atoms with Gasteiger partial charge in [0.05, 0.1) is 6.21 Å². The maximum absolute atomic E-state index is 4.61. The molecular weight excluding hydrogens is 404 g/mol. The van der Waals surface area contributed by atoms with E-state index in [4.69, 9.17) is 0 Å². The number of nitrogens with zero attached hydrogens (tertiary/aromatic N) is 4. The Labute approximate surface area is 158 Å². The lowest BCUT2D eigenvalue weighted by Gasteiger charge is -2.06. The van der Waals surface area contributed by atoms with Gasteiger partial charge in [-0.15, -0.1) is 21.5 Å². The Hall–Kier alpha value is -1.44. The van der Waals surface area contributed by atoms with Crippen molar-refractivity contribution in [2.45, 2.75) is 30.7 Å². The van der Waals surface area contributed by atoms with Crippen LogP contribution >= 0.6 is 39.0 Å². The van der Waals surface area contributed by atoms with Crippen molar-refractivity contribution in [3.63, 3.8) is 0 Å². The zero-order valence-electron chi connectivity index (χ0n) is 13.4. The van der Waals surface area contributed by atoms with Crippen molar-refractivity contribution in [3.8, 4) is 0 Å². The minimum atomic E-state index is 0.264. The summed E-state index contributed by atoms with van der Waals surface area (Å²) in [5, 5.41) is 16.1. The minimum absolute atomic E-state index is 0.264. The van der Waals surface area contributed by atoms with E-state index < -0.39 is 0 Å². The van der Waals surface area contributed by atoms with Gasteiger partial charge in [0.15, 0.2) is 5.82 Å². The monoisotopic (exact) mass is 420 g/mol. The molecule has 0 saturated carbocycles. The van der Waals surface area contributed by atoms with Gasteiger partial charge in [-0.1, -0.05) is 59.7 Å². The second-order valence-corrected chi connectivity index (χ2v) is 8.32. The fourth-order valence-corrected chi connectivity index (χ4v) is 3.74. The number of hydrogen-bond donors (Lipinski definition) is 0. The van der Waals surface area contributed by atoms with Crippen LogP contribution in [0.3, 0.4) is 0 Å². The molecule has 3 rings (SSSR count). The number of thioether (sulfide) groups is 1. The maximum Gasteiger partial charge on any atom is 0.212 e. The zero-order chi connectivity index (χ0) is 16.9. The molecule has 2 aromatic heterocycles. The van der Waals surface area contributed by atoms with Crippen molar-refractivity contribution in [2.24, 2.45) is 5.10 Å². The van der Waals surface area contributed by atoms with E-state index >= 15 is 0 Å². The summed E-state index contributed by atoms with van der Waals surface area (Å²) in [5.74, 6) is 1.97. The molecule has 0 N–H and O–H groups in total. The van der Waals surface area contributed by atoms with Crippen LogP contribution in [0.1, 0.15) is 36.0 Å². The molecule has 0 amide bonds. The van der Waals surface area contributed by atoms with Gasteiger partial charge in [0, 0.05) is 21.0 Å². The van der Waals surface area contributed by atoms with E-state index in [0.29, 0.717) is 0 Å². The third kappa shape index (κ3) is 4.34. The lowest BCUT2D eigenvalue weighted by atomic mass is 10.2. The first-order valence-corrected chi connectivity index (χ1v) is 10.2. The zero-order valence-corrected chi connectivity index (χ0v) is 16.6. The highest BCUT2D eigenvalue weighted by atomic mass is 79.9. The largest absolute Gasteiger partial charge is 0.212 e. The Morgan fingerprint density at radius 2 is 2.04 bits per heavy atom. The lowest BCUT2D eigenvalue weighted by molar-refractivity contribution is 0.667. The average molecular weight is 421 g/mol. The first-order chi connectivity index (χ1) is 11.6. The Bertz CT molecular complexity index is 808. The standard InChI is InChI=1S/C17H17BrN4S2/c1-12(2)16-20-21-17(22(16)19-10-15-4-3-9-23-15)24-11-13-5-7-14(18)8-6-13/h3-10,12H,11H2,1-2H3/b19-10-. The second-order valence-electron chi connectivity index (χ2n) is 5.48. The van der Waals surface area contributed by atoms with E-state index in [0.717, 1.165) is 26.1 Å². The highest BCUT2D eigenvalue weighted by Gasteiger charge is 2.15. The lowest BCUT2D eigenvalue weighted by Crippen LogP contribution is -2.02. The van der Waals surface area contributed by atoms with Crippen molar-refractivity contribution < 1.29 is 0 Å². The molecule has 0 aliphatic carbocycles. The number of aromatic nitrogens is 3. The molecule has 0 aliphatic heterocycles. The summed E-state index contributed by atoms with van der Waals surface area (Å²) in [6, 6.07) is 12.4. The summed E-state index contributed by atoms with van der Waals surface area (Å²) in [4.78, 5) is 1.11. The second kappa shape index (κ2) is 8.09. The topological polar surface area (TPSA) is 43.1 Å². The molecule has 0 unspecified atom stereocenters. The molecule has 1 aromatic carbocycles. The molecule has 2 heterocycles. The molecule has 4 nitrogen and oxygen atoms in total. The van der Waals surface area contributed by atoms with Crippen LogP contribution in [0.4, 0.5) is 0 Å². The van der Waals surface area contributed by atoms with Crippen LogP contribution in [0.25, 0.3) is 0 Å². The number of benzene rings is 1. The Balaban J connectivity index is 1.80. The van der Waals surface area contributed by atoms with Crippen molar-refractivity contribution in [3.05, 3.63) is 62.5 Å². The van der Waals surface area contributed by atoms with Crippen molar-refractivity contribution >= 4 is 45.2 Å². The number of halogens is 1. The molecule has 0 aliphatic rings. The molecule has 0 fully saturated rings. The minimum Gasteiger partial charge on any atom is -0.191 e. The quantitative estimate of drug-likeness (QED) is 0.395. The van der Waals surface area contributed by atoms with Gasteiger partial charge < -0.3 is 0 Å². The van der Waals surface area contributed by atoms with E-state index in [1.54, 1.807) is 23.1 Å². The molecule has 0 spiro atoms. The molecule has 24 heavy (non-hydrogen) atoms. The molecule has 7 heteroatoms. The molecule has 0 radical (unpaired) electrons. The Kier molecular flexibility index (Phi) is 5.86. The van der Waals surface area contributed by atoms with Gasteiger partial charge in [-0.25, -0.2) is 0 Å². The van der Waals surface area contributed by atoms with Gasteiger partial charge in [-0.05, 0) is 29.1 Å². The van der Waals surface area contributed by atoms with Crippen LogP contribution in [-0.2, 0) is 5.75 Å². The SMILES string of the molecule is CC(C)c1nnc(SCc2ccc(Br)cc2)n1/N=C\c1cccs1. The van der Waals surface area contributed by atoms with E-state index in [9.17, 15) is 0 Å². The highest BCUT2D eigenvalue weighted by molar-refractivity contribution is 9.10. The number of rotatable bonds is 6. The van der Waals surface area contributed by atoms with Gasteiger partial charge in [0.2, 0.25) is 5.16 Å². The number of hydrogen-bond acceptors (Lipinski definition) is 5. The molecule has 0 atom stereocenters. The van der Waals surface area contributed by atoms with E-state index in [1.165, 1.54) is 5.56 Å². The van der Waals surface area contributed by atoms with Crippen LogP contribution in [0.2, 0.25) is 0 Å². The van der Waals surface area contributed by atoms with Crippen LogP contribution in [0.15, 0.2) is 56.5 Å². The van der Waals surface area contributed by atoms with Crippen LogP contribution in [0.5, 0.6) is 0 Å². The summed E-state index contributed by atoms with van der Waals surface area (Å²) < 4.78 is 2.94. The predicted molar refractivity (Wildman–Crippen MR) is 105 cm³/mol. The Morgan fingerprint density at radius 1 is 1.25 bits per heavy atom. The first kappa shape index (κ1) is 17.4. The van der Waals surface area contributed by atoms with Crippen molar-refractivity contribution in [1.29, 1.82) is 0 Å². The van der Waals surface area contributed by atoms with Crippen LogP contribution in [0, 0.1) is 0 Å². The van der Waals surface area contributed by atoms with E-state index in [2.05, 4.69) is 69.3 Å². The fourth-order valence-electron chi connectivity index (χ4n) is 2.04. The summed E-state index contributed by atoms with van der Waals surface area (Å²) in [6.45, 7) is 4.20. The van der Waals surface area contributed by atoms with Gasteiger partial charge in [-0.3, -0.25) is 0 Å². The average Bonchev–Trinajstić information content (AvgIpc) is 3.21. The van der Waals surface area contributed by atoms with E-state index in [-0.39, 0.29) is 5.92 Å². The van der Waals surface area contributed by atoms with Crippen LogP contribution < -0.4 is 0 Å². The third-order valence-corrected chi connectivity index (χ3v) is 5.60. The first-order valence-electron chi connectivity index (χ1n) is 7.54. The number of thiophene rings is 1.